The van der Waals surface area contributed by atoms with Gasteiger partial charge in [-0.15, -0.1) is 12.4 Å². The maximum absolute atomic E-state index is 5.67. The highest BCUT2D eigenvalue weighted by molar-refractivity contribution is 5.85. The molecule has 1 aromatic rings. The minimum Gasteiger partial charge on any atom is -0.330 e. The van der Waals surface area contributed by atoms with Crippen LogP contribution >= 0.6 is 12.4 Å². The smallest absolute Gasteiger partial charge is 0.0534 e. The number of piperidine rings is 1. The molecule has 0 spiro atoms. The Kier molecular flexibility index (Phi) is 5.25. The fourth-order valence-electron chi connectivity index (χ4n) is 2.19. The molecule has 4 nitrogen and oxygen atoms in total. The van der Waals surface area contributed by atoms with E-state index in [0.29, 0.717) is 0 Å². The van der Waals surface area contributed by atoms with Crippen LogP contribution in [0.5, 0.6) is 0 Å². The van der Waals surface area contributed by atoms with Gasteiger partial charge in [-0.1, -0.05) is 0 Å². The van der Waals surface area contributed by atoms with Gasteiger partial charge in [0.25, 0.3) is 0 Å². The Bertz CT molecular complexity index is 305. The third-order valence-corrected chi connectivity index (χ3v) is 3.21. The van der Waals surface area contributed by atoms with Crippen molar-refractivity contribution in [3.8, 4) is 0 Å². The zero-order valence-electron chi connectivity index (χ0n) is 9.80. The van der Waals surface area contributed by atoms with E-state index in [1.54, 1.807) is 0 Å². The van der Waals surface area contributed by atoms with Crippen molar-refractivity contribution in [1.29, 1.82) is 0 Å². The van der Waals surface area contributed by atoms with Crippen molar-refractivity contribution < 1.29 is 0 Å². The molecule has 2 heterocycles. The Balaban J connectivity index is 0.00000128. The fourth-order valence-corrected chi connectivity index (χ4v) is 2.19. The minimum atomic E-state index is 0. The highest BCUT2D eigenvalue weighted by Gasteiger charge is 2.17. The maximum Gasteiger partial charge on any atom is 0.0534 e. The standard InChI is InChI=1S/C11H20N4.ClH/c1-14-8-11(7-13-14)9-15-4-2-10(6-12)3-5-15;/h7-8,10H,2-6,9,12H2,1H3;1H. The van der Waals surface area contributed by atoms with Gasteiger partial charge in [0.05, 0.1) is 6.20 Å². The summed E-state index contributed by atoms with van der Waals surface area (Å²) in [6.45, 7) is 4.24. The molecule has 1 aliphatic heterocycles. The van der Waals surface area contributed by atoms with Gasteiger partial charge in [0, 0.05) is 25.4 Å². The number of nitrogens with zero attached hydrogens (tertiary/aromatic N) is 3. The number of likely N-dealkylation sites (tertiary alicyclic amines) is 1. The van der Waals surface area contributed by atoms with Gasteiger partial charge in [-0.25, -0.2) is 0 Å². The van der Waals surface area contributed by atoms with Crippen molar-refractivity contribution in [2.75, 3.05) is 19.6 Å². The van der Waals surface area contributed by atoms with Crippen LogP contribution < -0.4 is 5.73 Å². The monoisotopic (exact) mass is 244 g/mol. The van der Waals surface area contributed by atoms with Crippen molar-refractivity contribution in [3.63, 3.8) is 0 Å². The molecular weight excluding hydrogens is 224 g/mol. The first kappa shape index (κ1) is 13.5. The number of aromatic nitrogens is 2. The van der Waals surface area contributed by atoms with E-state index in [1.807, 2.05) is 17.9 Å². The second-order valence-corrected chi connectivity index (χ2v) is 4.48. The molecule has 0 aliphatic carbocycles. The summed E-state index contributed by atoms with van der Waals surface area (Å²) in [7, 11) is 1.96. The summed E-state index contributed by atoms with van der Waals surface area (Å²) in [6, 6.07) is 0. The normalized spacial score (nSPS) is 18.4. The third kappa shape index (κ3) is 3.47. The summed E-state index contributed by atoms with van der Waals surface area (Å²) < 4.78 is 1.86. The molecule has 92 valence electrons. The van der Waals surface area contributed by atoms with E-state index in [-0.39, 0.29) is 12.4 Å². The Labute approximate surface area is 103 Å². The van der Waals surface area contributed by atoms with Gasteiger partial charge in [-0.05, 0) is 38.4 Å². The number of aryl methyl sites for hydroxylation is 1. The minimum absolute atomic E-state index is 0. The predicted octanol–water partition coefficient (Wildman–Crippen LogP) is 1.01. The number of rotatable bonds is 3. The Morgan fingerprint density at radius 2 is 2.12 bits per heavy atom. The Hall–Kier alpha value is -0.580. The fraction of sp³-hybridized carbons (Fsp3) is 0.727. The van der Waals surface area contributed by atoms with Crippen LogP contribution in [0.15, 0.2) is 12.4 Å². The van der Waals surface area contributed by atoms with Crippen molar-refractivity contribution in [2.45, 2.75) is 19.4 Å². The number of hydrogen-bond donors (Lipinski definition) is 1. The molecular formula is C11H21ClN4. The zero-order chi connectivity index (χ0) is 10.7. The zero-order valence-corrected chi connectivity index (χ0v) is 10.6. The van der Waals surface area contributed by atoms with Gasteiger partial charge < -0.3 is 5.73 Å². The van der Waals surface area contributed by atoms with Crippen molar-refractivity contribution >= 4 is 12.4 Å². The molecule has 0 radical (unpaired) electrons. The Morgan fingerprint density at radius 3 is 2.62 bits per heavy atom. The molecule has 0 aromatic carbocycles. The first-order valence-corrected chi connectivity index (χ1v) is 5.68. The van der Waals surface area contributed by atoms with Crippen LogP contribution in [0.2, 0.25) is 0 Å². The molecule has 0 atom stereocenters. The molecule has 0 amide bonds. The van der Waals surface area contributed by atoms with Gasteiger partial charge in [-0.2, -0.15) is 5.10 Å². The van der Waals surface area contributed by atoms with Crippen LogP contribution in [0.1, 0.15) is 18.4 Å². The van der Waals surface area contributed by atoms with Crippen LogP contribution in [0, 0.1) is 5.92 Å². The first-order valence-electron chi connectivity index (χ1n) is 5.68. The van der Waals surface area contributed by atoms with Gasteiger partial charge >= 0.3 is 0 Å². The van der Waals surface area contributed by atoms with E-state index in [4.69, 9.17) is 5.73 Å². The summed E-state index contributed by atoms with van der Waals surface area (Å²) in [6.07, 6.45) is 6.54. The van der Waals surface area contributed by atoms with E-state index in [1.165, 1.54) is 31.5 Å². The lowest BCUT2D eigenvalue weighted by atomic mass is 9.97. The Morgan fingerprint density at radius 1 is 1.44 bits per heavy atom. The molecule has 2 rings (SSSR count). The van der Waals surface area contributed by atoms with Crippen LogP contribution in [0.4, 0.5) is 0 Å². The van der Waals surface area contributed by atoms with Crippen molar-refractivity contribution in [2.24, 2.45) is 18.7 Å². The molecule has 2 N–H and O–H groups in total. The largest absolute Gasteiger partial charge is 0.330 e. The van der Waals surface area contributed by atoms with Crippen molar-refractivity contribution in [3.05, 3.63) is 18.0 Å². The summed E-state index contributed by atoms with van der Waals surface area (Å²) in [5.41, 5.74) is 6.98. The highest BCUT2D eigenvalue weighted by atomic mass is 35.5. The number of hydrogen-bond acceptors (Lipinski definition) is 3. The average molecular weight is 245 g/mol. The second-order valence-electron chi connectivity index (χ2n) is 4.48. The predicted molar refractivity (Wildman–Crippen MR) is 67.5 cm³/mol. The van der Waals surface area contributed by atoms with E-state index >= 15 is 0 Å². The van der Waals surface area contributed by atoms with Gasteiger partial charge in [0.1, 0.15) is 0 Å². The number of nitrogens with two attached hydrogens (primary N) is 1. The lowest BCUT2D eigenvalue weighted by Crippen LogP contribution is -2.35. The molecule has 5 heteroatoms. The maximum atomic E-state index is 5.67. The van der Waals surface area contributed by atoms with Crippen LogP contribution in [-0.2, 0) is 13.6 Å². The summed E-state index contributed by atoms with van der Waals surface area (Å²) in [5.74, 6) is 0.746. The summed E-state index contributed by atoms with van der Waals surface area (Å²) in [4.78, 5) is 2.49. The summed E-state index contributed by atoms with van der Waals surface area (Å²) in [5, 5.41) is 4.18. The quantitative estimate of drug-likeness (QED) is 0.864. The van der Waals surface area contributed by atoms with Gasteiger partial charge in [0.2, 0.25) is 0 Å². The SMILES string of the molecule is Cl.Cn1cc(CN2CCC(CN)CC2)cn1. The molecule has 0 bridgehead atoms. The van der Waals surface area contributed by atoms with Crippen LogP contribution in [0.25, 0.3) is 0 Å². The van der Waals surface area contributed by atoms with E-state index in [9.17, 15) is 0 Å². The molecule has 0 saturated carbocycles. The van der Waals surface area contributed by atoms with E-state index in [2.05, 4.69) is 16.2 Å². The molecule has 1 saturated heterocycles. The average Bonchev–Trinajstić information content (AvgIpc) is 2.65. The van der Waals surface area contributed by atoms with Gasteiger partial charge in [0.15, 0.2) is 0 Å². The highest BCUT2D eigenvalue weighted by Crippen LogP contribution is 2.17. The van der Waals surface area contributed by atoms with Crippen molar-refractivity contribution in [1.82, 2.24) is 14.7 Å². The first-order chi connectivity index (χ1) is 7.28. The third-order valence-electron chi connectivity index (χ3n) is 3.21. The van der Waals surface area contributed by atoms with Crippen LogP contribution in [0.3, 0.4) is 0 Å². The van der Waals surface area contributed by atoms with Crippen LogP contribution in [-0.4, -0.2) is 34.3 Å². The molecule has 1 aliphatic rings. The molecule has 1 fully saturated rings. The lowest BCUT2D eigenvalue weighted by molar-refractivity contribution is 0.180. The topological polar surface area (TPSA) is 47.1 Å². The molecule has 16 heavy (non-hydrogen) atoms. The number of halogens is 1. The molecule has 1 aromatic heterocycles. The molecule has 0 unspecified atom stereocenters. The van der Waals surface area contributed by atoms with E-state index < -0.39 is 0 Å². The summed E-state index contributed by atoms with van der Waals surface area (Å²) >= 11 is 0. The van der Waals surface area contributed by atoms with Gasteiger partial charge in [-0.3, -0.25) is 9.58 Å². The van der Waals surface area contributed by atoms with E-state index in [0.717, 1.165) is 19.0 Å². The second kappa shape index (κ2) is 6.23. The lowest BCUT2D eigenvalue weighted by Gasteiger charge is -2.30.